The minimum Gasteiger partial charge on any atom is -0.361 e. The van der Waals surface area contributed by atoms with E-state index in [2.05, 4.69) is 15.4 Å². The smallest absolute Gasteiger partial charge is 0.274 e. The van der Waals surface area contributed by atoms with Crippen molar-refractivity contribution in [2.24, 2.45) is 5.92 Å². The zero-order valence-corrected chi connectivity index (χ0v) is 16.0. The summed E-state index contributed by atoms with van der Waals surface area (Å²) in [5.74, 6) is 0.613. The lowest BCUT2D eigenvalue weighted by molar-refractivity contribution is -0.140. The molecule has 0 unspecified atom stereocenters. The summed E-state index contributed by atoms with van der Waals surface area (Å²) in [7, 11) is 0. The Labute approximate surface area is 157 Å². The first-order chi connectivity index (χ1) is 13.0. The van der Waals surface area contributed by atoms with E-state index in [1.54, 1.807) is 11.0 Å². The van der Waals surface area contributed by atoms with Crippen LogP contribution in [0.15, 0.2) is 10.6 Å². The number of amides is 2. The fourth-order valence-corrected chi connectivity index (χ4v) is 4.13. The lowest BCUT2D eigenvalue weighted by Gasteiger charge is -2.35. The molecule has 1 N–H and O–H groups in total. The third-order valence-electron chi connectivity index (χ3n) is 5.82. The van der Waals surface area contributed by atoms with E-state index in [-0.39, 0.29) is 23.8 Å². The highest BCUT2D eigenvalue weighted by Gasteiger charge is 2.42. The number of aromatic nitrogens is 3. The standard InChI is InChI=1S/C19H25N5O3/c1-4-14-7-17(21-20-14)19(26)23-8-13-5-6-15(9-23)24(18(13)25)10-16-11(2)22-27-12(16)3/h7,13,15H,4-6,8-10H2,1-3H3,(H,20,21)/t13-,15+/m1/s1. The molecule has 5 rings (SSSR count). The number of nitrogens with one attached hydrogen (secondary N) is 1. The third kappa shape index (κ3) is 3.13. The van der Waals surface area contributed by atoms with Gasteiger partial charge in [0.25, 0.3) is 5.91 Å². The molecular weight excluding hydrogens is 346 g/mol. The Morgan fingerprint density at radius 3 is 2.81 bits per heavy atom. The highest BCUT2D eigenvalue weighted by molar-refractivity contribution is 5.93. The van der Waals surface area contributed by atoms with E-state index >= 15 is 0 Å². The molecular formula is C19H25N5O3. The summed E-state index contributed by atoms with van der Waals surface area (Å²) in [6, 6.07) is 1.82. The molecule has 8 heteroatoms. The summed E-state index contributed by atoms with van der Waals surface area (Å²) in [6.07, 6.45) is 2.53. The minimum absolute atomic E-state index is 0.0125. The van der Waals surface area contributed by atoms with Crippen molar-refractivity contribution in [2.75, 3.05) is 13.1 Å². The number of H-pyrrole nitrogens is 1. The van der Waals surface area contributed by atoms with E-state index in [4.69, 9.17) is 4.52 Å². The van der Waals surface area contributed by atoms with Gasteiger partial charge >= 0.3 is 0 Å². The molecule has 0 spiro atoms. The first-order valence-corrected chi connectivity index (χ1v) is 9.53. The summed E-state index contributed by atoms with van der Waals surface area (Å²) in [5, 5.41) is 11.0. The van der Waals surface area contributed by atoms with Gasteiger partial charge in [0, 0.05) is 30.4 Å². The Kier molecular flexibility index (Phi) is 4.49. The van der Waals surface area contributed by atoms with Gasteiger partial charge in [-0.15, -0.1) is 0 Å². The van der Waals surface area contributed by atoms with E-state index in [0.29, 0.717) is 25.3 Å². The van der Waals surface area contributed by atoms with Crippen LogP contribution in [-0.4, -0.2) is 56.1 Å². The number of aromatic amines is 1. The predicted molar refractivity (Wildman–Crippen MR) is 96.9 cm³/mol. The van der Waals surface area contributed by atoms with Gasteiger partial charge in [-0.3, -0.25) is 14.7 Å². The summed E-state index contributed by atoms with van der Waals surface area (Å²) in [6.45, 7) is 7.27. The molecule has 2 aromatic heterocycles. The van der Waals surface area contributed by atoms with Crippen molar-refractivity contribution in [3.63, 3.8) is 0 Å². The topological polar surface area (TPSA) is 95.3 Å². The van der Waals surface area contributed by atoms with E-state index in [9.17, 15) is 9.59 Å². The van der Waals surface area contributed by atoms with Gasteiger partial charge in [-0.25, -0.2) is 0 Å². The largest absolute Gasteiger partial charge is 0.361 e. The van der Waals surface area contributed by atoms with Gasteiger partial charge in [0.2, 0.25) is 5.91 Å². The highest BCUT2D eigenvalue weighted by atomic mass is 16.5. The van der Waals surface area contributed by atoms with Crippen molar-refractivity contribution in [3.05, 3.63) is 34.5 Å². The number of aryl methyl sites for hydroxylation is 3. The number of carbonyl (C=O) groups is 2. The molecule has 0 aromatic carbocycles. The summed E-state index contributed by atoms with van der Waals surface area (Å²) >= 11 is 0. The SMILES string of the molecule is CCc1cc(C(=O)N2C[C@H]3CC[C@@H](C2)N(Cc2c(C)noc2C)C3=O)n[nH]1. The lowest BCUT2D eigenvalue weighted by Crippen LogP contribution is -2.47. The molecule has 2 aromatic rings. The number of carbonyl (C=O) groups excluding carboxylic acids is 2. The number of piperidine rings is 1. The molecule has 3 fully saturated rings. The number of rotatable bonds is 4. The molecule has 0 saturated carbocycles. The van der Waals surface area contributed by atoms with Gasteiger partial charge in [0.1, 0.15) is 11.5 Å². The van der Waals surface area contributed by atoms with Gasteiger partial charge in [0.05, 0.1) is 18.2 Å². The van der Waals surface area contributed by atoms with E-state index in [1.165, 1.54) is 0 Å². The monoisotopic (exact) mass is 371 g/mol. The highest BCUT2D eigenvalue weighted by Crippen LogP contribution is 2.32. The van der Waals surface area contributed by atoms with Gasteiger partial charge in [-0.05, 0) is 39.2 Å². The Morgan fingerprint density at radius 1 is 1.33 bits per heavy atom. The van der Waals surface area contributed by atoms with Crippen LogP contribution in [0.4, 0.5) is 0 Å². The van der Waals surface area contributed by atoms with Gasteiger partial charge in [0.15, 0.2) is 0 Å². The van der Waals surface area contributed by atoms with Crippen molar-refractivity contribution in [1.82, 2.24) is 25.2 Å². The summed E-state index contributed by atoms with van der Waals surface area (Å²) in [5.41, 5.74) is 3.15. The van der Waals surface area contributed by atoms with Gasteiger partial charge in [-0.1, -0.05) is 12.1 Å². The number of hydrogen-bond donors (Lipinski definition) is 1. The summed E-state index contributed by atoms with van der Waals surface area (Å²) < 4.78 is 5.25. The van der Waals surface area contributed by atoms with Crippen LogP contribution in [0.2, 0.25) is 0 Å². The van der Waals surface area contributed by atoms with Gasteiger partial charge in [-0.2, -0.15) is 5.10 Å². The zero-order chi connectivity index (χ0) is 19.1. The van der Waals surface area contributed by atoms with E-state index in [0.717, 1.165) is 42.0 Å². The quantitative estimate of drug-likeness (QED) is 0.885. The van der Waals surface area contributed by atoms with Crippen molar-refractivity contribution in [1.29, 1.82) is 0 Å². The molecule has 8 nitrogen and oxygen atoms in total. The molecule has 27 heavy (non-hydrogen) atoms. The average Bonchev–Trinajstić information content (AvgIpc) is 3.15. The molecule has 2 amide bonds. The van der Waals surface area contributed by atoms with E-state index in [1.807, 2.05) is 25.7 Å². The van der Waals surface area contributed by atoms with Crippen LogP contribution in [0, 0.1) is 19.8 Å². The van der Waals surface area contributed by atoms with Crippen LogP contribution < -0.4 is 0 Å². The van der Waals surface area contributed by atoms with Crippen molar-refractivity contribution in [3.8, 4) is 0 Å². The molecule has 3 aliphatic heterocycles. The fraction of sp³-hybridized carbons (Fsp3) is 0.579. The number of fused-ring (bicyclic) bond motifs is 4. The summed E-state index contributed by atoms with van der Waals surface area (Å²) in [4.78, 5) is 29.7. The molecule has 2 atom stereocenters. The Balaban J connectivity index is 1.56. The Morgan fingerprint density at radius 2 is 2.15 bits per heavy atom. The van der Waals surface area contributed by atoms with Crippen LogP contribution in [0.25, 0.3) is 0 Å². The molecule has 5 heterocycles. The molecule has 0 aliphatic carbocycles. The Hall–Kier alpha value is -2.64. The maximum atomic E-state index is 13.0. The van der Waals surface area contributed by atoms with Crippen LogP contribution >= 0.6 is 0 Å². The predicted octanol–water partition coefficient (Wildman–Crippen LogP) is 1.84. The fourth-order valence-electron chi connectivity index (χ4n) is 4.13. The average molecular weight is 371 g/mol. The van der Waals surface area contributed by atoms with Crippen molar-refractivity contribution >= 4 is 11.8 Å². The second-order valence-corrected chi connectivity index (χ2v) is 7.54. The molecule has 3 saturated heterocycles. The van der Waals surface area contributed by atoms with Gasteiger partial charge < -0.3 is 14.3 Å². The maximum Gasteiger partial charge on any atom is 0.274 e. The van der Waals surface area contributed by atoms with Crippen LogP contribution in [0.1, 0.15) is 53.0 Å². The second kappa shape index (κ2) is 6.83. The van der Waals surface area contributed by atoms with Crippen molar-refractivity contribution < 1.29 is 14.1 Å². The van der Waals surface area contributed by atoms with Crippen LogP contribution in [-0.2, 0) is 17.8 Å². The zero-order valence-electron chi connectivity index (χ0n) is 16.0. The third-order valence-corrected chi connectivity index (χ3v) is 5.82. The molecule has 2 bridgehead atoms. The molecule has 3 aliphatic rings. The first kappa shape index (κ1) is 17.8. The minimum atomic E-state index is -0.155. The van der Waals surface area contributed by atoms with Crippen LogP contribution in [0.3, 0.4) is 0 Å². The second-order valence-electron chi connectivity index (χ2n) is 7.54. The normalized spacial score (nSPS) is 22.4. The maximum absolute atomic E-state index is 13.0. The van der Waals surface area contributed by atoms with E-state index < -0.39 is 0 Å². The molecule has 0 radical (unpaired) electrons. The first-order valence-electron chi connectivity index (χ1n) is 9.53. The number of hydrogen-bond acceptors (Lipinski definition) is 5. The van der Waals surface area contributed by atoms with Crippen molar-refractivity contribution in [2.45, 2.75) is 52.6 Å². The van der Waals surface area contributed by atoms with Crippen LogP contribution in [0.5, 0.6) is 0 Å². The lowest BCUT2D eigenvalue weighted by atomic mass is 9.93. The molecule has 144 valence electrons. The number of nitrogens with zero attached hydrogens (tertiary/aromatic N) is 4. The Bertz CT molecular complexity index is 851.